The molecule has 0 aromatic heterocycles. The van der Waals surface area contributed by atoms with E-state index in [2.05, 4.69) is 37.4 Å². The Morgan fingerprint density at radius 1 is 1.23 bits per heavy atom. The zero-order valence-corrected chi connectivity index (χ0v) is 14.3. The minimum absolute atomic E-state index is 0. The van der Waals surface area contributed by atoms with Crippen molar-refractivity contribution in [3.8, 4) is 0 Å². The normalized spacial score (nSPS) is 16.7. The van der Waals surface area contributed by atoms with Crippen LogP contribution in [0.15, 0.2) is 18.2 Å². The number of rotatable bonds is 5. The number of hydrogen-bond donors (Lipinski definition) is 2. The van der Waals surface area contributed by atoms with E-state index in [0.717, 1.165) is 19.3 Å². The van der Waals surface area contributed by atoms with E-state index < -0.39 is 5.41 Å². The molecule has 0 spiro atoms. The molecule has 1 aromatic rings. The van der Waals surface area contributed by atoms with Gasteiger partial charge in [-0.3, -0.25) is 4.79 Å². The van der Waals surface area contributed by atoms with Crippen LogP contribution in [0.2, 0.25) is 0 Å². The van der Waals surface area contributed by atoms with Crippen LogP contribution in [0.3, 0.4) is 0 Å². The third-order valence-electron chi connectivity index (χ3n) is 4.30. The van der Waals surface area contributed by atoms with Gasteiger partial charge in [0.25, 0.3) is 0 Å². The van der Waals surface area contributed by atoms with Crippen molar-refractivity contribution < 1.29 is 9.53 Å². The van der Waals surface area contributed by atoms with E-state index in [0.29, 0.717) is 26.3 Å². The number of carbonyl (C=O) groups is 1. The van der Waals surface area contributed by atoms with E-state index >= 15 is 0 Å². The first-order valence-corrected chi connectivity index (χ1v) is 7.69. The van der Waals surface area contributed by atoms with E-state index in [1.165, 1.54) is 16.7 Å². The molecule has 0 unspecified atom stereocenters. The Kier molecular flexibility index (Phi) is 7.33. The van der Waals surface area contributed by atoms with Crippen molar-refractivity contribution in [1.82, 2.24) is 5.32 Å². The van der Waals surface area contributed by atoms with Gasteiger partial charge in [-0.1, -0.05) is 29.3 Å². The zero-order chi connectivity index (χ0) is 15.3. The Morgan fingerprint density at radius 2 is 1.82 bits per heavy atom. The molecule has 1 heterocycles. The first-order chi connectivity index (χ1) is 10.1. The molecule has 1 fully saturated rings. The van der Waals surface area contributed by atoms with Crippen LogP contribution in [-0.2, 0) is 16.0 Å². The maximum atomic E-state index is 12.4. The van der Waals surface area contributed by atoms with Crippen LogP contribution in [0, 0.1) is 19.3 Å². The van der Waals surface area contributed by atoms with Crippen LogP contribution in [0.4, 0.5) is 0 Å². The minimum atomic E-state index is -0.430. The molecule has 1 saturated heterocycles. The summed E-state index contributed by atoms with van der Waals surface area (Å²) in [6.07, 6.45) is 2.29. The molecule has 1 aliphatic rings. The smallest absolute Gasteiger partial charge is 0.227 e. The quantitative estimate of drug-likeness (QED) is 0.871. The number of nitrogens with one attached hydrogen (secondary N) is 1. The highest BCUT2D eigenvalue weighted by molar-refractivity contribution is 5.85. The van der Waals surface area contributed by atoms with E-state index in [1.807, 2.05) is 0 Å². The first kappa shape index (κ1) is 18.9. The molecule has 3 N–H and O–H groups in total. The van der Waals surface area contributed by atoms with Gasteiger partial charge in [0.15, 0.2) is 0 Å². The lowest BCUT2D eigenvalue weighted by Crippen LogP contribution is -2.49. The van der Waals surface area contributed by atoms with Gasteiger partial charge in [-0.25, -0.2) is 0 Å². The van der Waals surface area contributed by atoms with Gasteiger partial charge in [-0.2, -0.15) is 0 Å². The van der Waals surface area contributed by atoms with Crippen LogP contribution < -0.4 is 11.1 Å². The van der Waals surface area contributed by atoms with Crippen LogP contribution in [0.1, 0.15) is 29.5 Å². The number of halogens is 1. The highest BCUT2D eigenvalue weighted by atomic mass is 35.5. The van der Waals surface area contributed by atoms with Gasteiger partial charge in [-0.15, -0.1) is 12.4 Å². The summed E-state index contributed by atoms with van der Waals surface area (Å²) in [5, 5.41) is 3.06. The fourth-order valence-corrected chi connectivity index (χ4v) is 3.01. The summed E-state index contributed by atoms with van der Waals surface area (Å²) in [6.45, 7) is 6.50. The van der Waals surface area contributed by atoms with Crippen molar-refractivity contribution in [2.75, 3.05) is 26.3 Å². The summed E-state index contributed by atoms with van der Waals surface area (Å²) >= 11 is 0. The Labute approximate surface area is 139 Å². The van der Waals surface area contributed by atoms with Crippen molar-refractivity contribution in [2.45, 2.75) is 33.1 Å². The van der Waals surface area contributed by atoms with Gasteiger partial charge in [-0.05, 0) is 38.7 Å². The number of benzene rings is 1. The van der Waals surface area contributed by atoms with E-state index in [4.69, 9.17) is 10.5 Å². The molecule has 0 aliphatic carbocycles. The fourth-order valence-electron chi connectivity index (χ4n) is 3.01. The van der Waals surface area contributed by atoms with Crippen LogP contribution in [0.25, 0.3) is 0 Å². The molecular weight excluding hydrogens is 300 g/mol. The maximum Gasteiger partial charge on any atom is 0.227 e. The predicted octanol–water partition coefficient (Wildman–Crippen LogP) is 2.14. The summed E-state index contributed by atoms with van der Waals surface area (Å²) in [5.41, 5.74) is 9.21. The average molecular weight is 327 g/mol. The molecule has 1 aliphatic heterocycles. The number of amides is 1. The summed E-state index contributed by atoms with van der Waals surface area (Å²) < 4.78 is 5.34. The van der Waals surface area contributed by atoms with E-state index in [9.17, 15) is 4.79 Å². The minimum Gasteiger partial charge on any atom is -0.381 e. The van der Waals surface area contributed by atoms with Crippen molar-refractivity contribution >= 4 is 18.3 Å². The number of carbonyl (C=O) groups excluding carboxylic acids is 1. The third-order valence-corrected chi connectivity index (χ3v) is 4.30. The van der Waals surface area contributed by atoms with E-state index in [1.54, 1.807) is 0 Å². The van der Waals surface area contributed by atoms with Crippen molar-refractivity contribution in [3.63, 3.8) is 0 Å². The molecule has 0 atom stereocenters. The van der Waals surface area contributed by atoms with E-state index in [-0.39, 0.29) is 18.3 Å². The Balaban J connectivity index is 0.00000242. The Morgan fingerprint density at radius 3 is 2.36 bits per heavy atom. The SMILES string of the molecule is Cc1cc(C)cc(CCNC(=O)C2(CN)CCOCC2)c1.Cl. The van der Waals surface area contributed by atoms with Gasteiger partial charge in [0.1, 0.15) is 0 Å². The van der Waals surface area contributed by atoms with Crippen LogP contribution in [-0.4, -0.2) is 32.2 Å². The lowest BCUT2D eigenvalue weighted by Gasteiger charge is -2.34. The molecule has 2 rings (SSSR count). The number of hydrogen-bond acceptors (Lipinski definition) is 3. The topological polar surface area (TPSA) is 64.4 Å². The van der Waals surface area contributed by atoms with Crippen molar-refractivity contribution in [2.24, 2.45) is 11.1 Å². The highest BCUT2D eigenvalue weighted by Gasteiger charge is 2.38. The maximum absolute atomic E-state index is 12.4. The monoisotopic (exact) mass is 326 g/mol. The second kappa shape index (κ2) is 8.51. The van der Waals surface area contributed by atoms with Gasteiger partial charge < -0.3 is 15.8 Å². The van der Waals surface area contributed by atoms with Gasteiger partial charge in [0.2, 0.25) is 5.91 Å². The number of nitrogens with two attached hydrogens (primary N) is 1. The second-order valence-corrected chi connectivity index (χ2v) is 6.10. The molecule has 0 radical (unpaired) electrons. The standard InChI is InChI=1S/C17H26N2O2.ClH/c1-13-9-14(2)11-15(10-13)3-6-19-16(20)17(12-18)4-7-21-8-5-17;/h9-11H,3-8,12,18H2,1-2H3,(H,19,20);1H. The Bertz CT molecular complexity index is 479. The third kappa shape index (κ3) is 4.70. The fraction of sp³-hybridized carbons (Fsp3) is 0.588. The molecule has 1 aromatic carbocycles. The van der Waals surface area contributed by atoms with Crippen LogP contribution >= 0.6 is 12.4 Å². The average Bonchev–Trinajstić information content (AvgIpc) is 2.47. The number of aryl methyl sites for hydroxylation is 2. The van der Waals surface area contributed by atoms with Gasteiger partial charge >= 0.3 is 0 Å². The molecule has 4 nitrogen and oxygen atoms in total. The lowest BCUT2D eigenvalue weighted by atomic mass is 9.79. The van der Waals surface area contributed by atoms with Crippen molar-refractivity contribution in [3.05, 3.63) is 34.9 Å². The summed E-state index contributed by atoms with van der Waals surface area (Å²) in [7, 11) is 0. The zero-order valence-electron chi connectivity index (χ0n) is 13.5. The van der Waals surface area contributed by atoms with Gasteiger partial charge in [0, 0.05) is 26.3 Å². The molecule has 124 valence electrons. The molecular formula is C17H27ClN2O2. The summed E-state index contributed by atoms with van der Waals surface area (Å²) in [4.78, 5) is 12.4. The number of ether oxygens (including phenoxy) is 1. The predicted molar refractivity (Wildman–Crippen MR) is 91.4 cm³/mol. The molecule has 1 amide bonds. The molecule has 22 heavy (non-hydrogen) atoms. The first-order valence-electron chi connectivity index (χ1n) is 7.69. The summed E-state index contributed by atoms with van der Waals surface area (Å²) in [5.74, 6) is 0.0812. The van der Waals surface area contributed by atoms with Crippen LogP contribution in [0.5, 0.6) is 0 Å². The summed E-state index contributed by atoms with van der Waals surface area (Å²) in [6, 6.07) is 6.51. The van der Waals surface area contributed by atoms with Gasteiger partial charge in [0.05, 0.1) is 5.41 Å². The molecule has 0 saturated carbocycles. The van der Waals surface area contributed by atoms with Crippen molar-refractivity contribution in [1.29, 1.82) is 0 Å². The lowest BCUT2D eigenvalue weighted by molar-refractivity contribution is -0.135. The Hall–Kier alpha value is -1.10. The highest BCUT2D eigenvalue weighted by Crippen LogP contribution is 2.29. The largest absolute Gasteiger partial charge is 0.381 e. The molecule has 0 bridgehead atoms. The second-order valence-electron chi connectivity index (χ2n) is 6.10. The molecule has 5 heteroatoms.